The van der Waals surface area contributed by atoms with E-state index in [4.69, 9.17) is 73.5 Å². The molecule has 16 nitrogen and oxygen atoms in total. The Morgan fingerprint density at radius 1 is 0.979 bits per heavy atom. The average Bonchev–Trinajstić information content (AvgIpc) is 3.05. The minimum atomic E-state index is -2.42. The predicted molar refractivity (Wildman–Crippen MR) is 170 cm³/mol. The summed E-state index contributed by atoms with van der Waals surface area (Å²) in [6.07, 6.45) is -11.9. The monoisotopic (exact) mass is 794 g/mol. The lowest BCUT2D eigenvalue weighted by molar-refractivity contribution is -0.351. The van der Waals surface area contributed by atoms with Gasteiger partial charge in [0, 0.05) is 23.4 Å². The normalized spacial score (nSPS) is 31.2. The number of azide groups is 1. The number of hydrogen-bond acceptors (Lipinski definition) is 13. The third-order valence-electron chi connectivity index (χ3n) is 7.07. The summed E-state index contributed by atoms with van der Waals surface area (Å²) in [6, 6.07) is 7.61. The van der Waals surface area contributed by atoms with Gasteiger partial charge < -0.3 is 58.9 Å². The molecule has 0 spiro atoms. The Balaban J connectivity index is 1.78. The van der Waals surface area contributed by atoms with Crippen molar-refractivity contribution < 1.29 is 58.4 Å². The molecule has 2 heterocycles. The van der Waals surface area contributed by atoms with Gasteiger partial charge in [-0.1, -0.05) is 86.2 Å². The first-order chi connectivity index (χ1) is 22.5. The van der Waals surface area contributed by atoms with E-state index in [1.807, 2.05) is 6.07 Å². The van der Waals surface area contributed by atoms with Crippen LogP contribution in [0.1, 0.15) is 12.0 Å². The molecule has 47 heavy (non-hydrogen) atoms. The Hall–Kier alpha value is -1.09. The molecule has 1 amide bonds. The molecular weight excluding hydrogens is 759 g/mol. The van der Waals surface area contributed by atoms with Crippen molar-refractivity contribution in [2.24, 2.45) is 5.11 Å². The fraction of sp³-hybridized carbons (Fsp3) is 0.741. The highest BCUT2D eigenvalue weighted by Crippen LogP contribution is 2.33. The highest BCUT2D eigenvalue weighted by molar-refractivity contribution is 9.09. The first-order valence-electron chi connectivity index (χ1n) is 14.5. The molecule has 0 saturated carbocycles. The number of carbonyl (C=O) groups is 1. The number of aliphatic hydroxyl groups is 4. The van der Waals surface area contributed by atoms with Crippen molar-refractivity contribution in [1.29, 1.82) is 0 Å². The minimum absolute atomic E-state index is 0.0159. The minimum Gasteiger partial charge on any atom is -0.394 e. The SMILES string of the molecule is [N-]=[N+]=NCCOCCCOCO[C@@H]1O[C@H](CBr)[C@@H](O)[C@H](O[C@H]2O[C@H](CO)[C@H](O)[C@H](O)[C@H]2OCc2ccccc2)[C@H]1NC(=O)C(Cl)(Cl)Cl. The first kappa shape index (κ1) is 40.3. The van der Waals surface area contributed by atoms with E-state index in [0.29, 0.717) is 13.0 Å². The maximum absolute atomic E-state index is 12.8. The lowest BCUT2D eigenvalue weighted by atomic mass is 9.95. The third kappa shape index (κ3) is 12.3. The lowest BCUT2D eigenvalue weighted by Gasteiger charge is -2.48. The highest BCUT2D eigenvalue weighted by atomic mass is 79.9. The van der Waals surface area contributed by atoms with Gasteiger partial charge in [-0.05, 0) is 17.5 Å². The van der Waals surface area contributed by atoms with Crippen molar-refractivity contribution in [2.75, 3.05) is 45.1 Å². The summed E-state index contributed by atoms with van der Waals surface area (Å²) in [6.45, 7) is -0.0180. The smallest absolute Gasteiger partial charge is 0.272 e. The van der Waals surface area contributed by atoms with Crippen molar-refractivity contribution >= 4 is 56.6 Å². The molecular formula is C27H38BrCl3N4O12. The van der Waals surface area contributed by atoms with Gasteiger partial charge in [0.15, 0.2) is 12.6 Å². The van der Waals surface area contributed by atoms with Crippen LogP contribution in [0, 0.1) is 0 Å². The summed E-state index contributed by atoms with van der Waals surface area (Å²) in [7, 11) is 0. The van der Waals surface area contributed by atoms with Gasteiger partial charge in [0.2, 0.25) is 0 Å². The number of ether oxygens (including phenoxy) is 7. The summed E-state index contributed by atoms with van der Waals surface area (Å²) >= 11 is 20.8. The van der Waals surface area contributed by atoms with Crippen LogP contribution in [0.2, 0.25) is 0 Å². The number of halogens is 4. The van der Waals surface area contributed by atoms with Crippen molar-refractivity contribution in [3.05, 3.63) is 46.3 Å². The van der Waals surface area contributed by atoms with E-state index in [0.717, 1.165) is 5.56 Å². The summed E-state index contributed by atoms with van der Waals surface area (Å²) in [4.78, 5) is 15.5. The van der Waals surface area contributed by atoms with Crippen LogP contribution in [0.25, 0.3) is 10.4 Å². The van der Waals surface area contributed by atoms with Gasteiger partial charge in [-0.2, -0.15) is 0 Å². The van der Waals surface area contributed by atoms with Crippen LogP contribution >= 0.6 is 50.7 Å². The van der Waals surface area contributed by atoms with Crippen LogP contribution in [-0.2, 0) is 44.6 Å². The molecule has 20 heteroatoms. The van der Waals surface area contributed by atoms with Crippen LogP contribution in [-0.4, -0.2) is 137 Å². The topological polar surface area (TPSA) is 223 Å². The van der Waals surface area contributed by atoms with Crippen LogP contribution in [0.5, 0.6) is 0 Å². The van der Waals surface area contributed by atoms with E-state index < -0.39 is 77.7 Å². The summed E-state index contributed by atoms with van der Waals surface area (Å²) < 4.78 is 38.0. The van der Waals surface area contributed by atoms with Crippen molar-refractivity contribution in [1.82, 2.24) is 5.32 Å². The Morgan fingerprint density at radius 3 is 2.34 bits per heavy atom. The van der Waals surface area contributed by atoms with Crippen molar-refractivity contribution in [3.63, 3.8) is 0 Å². The summed E-state index contributed by atoms with van der Waals surface area (Å²) in [5.74, 6) is -1.09. The van der Waals surface area contributed by atoms with E-state index >= 15 is 0 Å². The second-order valence-corrected chi connectivity index (χ2v) is 13.3. The number of rotatable bonds is 18. The number of carbonyl (C=O) groups excluding carboxylic acids is 1. The molecule has 0 unspecified atom stereocenters. The molecule has 1 aromatic carbocycles. The Labute approximate surface area is 294 Å². The number of aliphatic hydroxyl groups excluding tert-OH is 4. The molecule has 2 aliphatic heterocycles. The molecule has 2 saturated heterocycles. The molecule has 0 bridgehead atoms. The molecule has 0 aliphatic carbocycles. The second kappa shape index (κ2) is 20.6. The lowest BCUT2D eigenvalue weighted by Crippen LogP contribution is -2.68. The Morgan fingerprint density at radius 2 is 1.68 bits per heavy atom. The van der Waals surface area contributed by atoms with Gasteiger partial charge in [0.05, 0.1) is 32.5 Å². The number of hydrogen-bond donors (Lipinski definition) is 5. The zero-order chi connectivity index (χ0) is 34.4. The summed E-state index contributed by atoms with van der Waals surface area (Å²) in [5.41, 5.74) is 9.03. The van der Waals surface area contributed by atoms with Crippen molar-refractivity contribution in [3.8, 4) is 0 Å². The van der Waals surface area contributed by atoms with Gasteiger partial charge in [-0.3, -0.25) is 4.79 Å². The van der Waals surface area contributed by atoms with E-state index in [1.165, 1.54) is 0 Å². The standard InChI is InChI=1S/C27H38BrCl3N4O12/c28-11-16-20(38)22(47-25-23(21(39)19(37)17(12-36)46-25)43-13-15-5-2-1-3-6-15)18(34-26(40)27(29,30)31)24(45-16)44-14-42-9-4-8-41-10-7-33-35-32/h1-3,5-6,16-25,36-39H,4,7-14H2,(H,34,40)/t16-,17-,18-,19+,20-,21+,22-,23-,24-,25-/m1/s1. The largest absolute Gasteiger partial charge is 0.394 e. The molecule has 2 aliphatic rings. The maximum atomic E-state index is 12.8. The van der Waals surface area contributed by atoms with Gasteiger partial charge in [0.1, 0.15) is 49.5 Å². The molecule has 0 aromatic heterocycles. The van der Waals surface area contributed by atoms with E-state index in [9.17, 15) is 25.2 Å². The molecule has 266 valence electrons. The zero-order valence-electron chi connectivity index (χ0n) is 24.9. The molecule has 0 radical (unpaired) electrons. The zero-order valence-corrected chi connectivity index (χ0v) is 28.8. The predicted octanol–water partition coefficient (Wildman–Crippen LogP) is 1.44. The van der Waals surface area contributed by atoms with Crippen LogP contribution in [0.3, 0.4) is 0 Å². The van der Waals surface area contributed by atoms with Crippen LogP contribution in [0.15, 0.2) is 35.4 Å². The van der Waals surface area contributed by atoms with E-state index in [-0.39, 0.29) is 38.5 Å². The molecule has 2 fully saturated rings. The molecule has 10 atom stereocenters. The van der Waals surface area contributed by atoms with Gasteiger partial charge in [-0.25, -0.2) is 0 Å². The Kier molecular flexibility index (Phi) is 17.6. The average molecular weight is 797 g/mol. The van der Waals surface area contributed by atoms with Gasteiger partial charge in [0.25, 0.3) is 9.70 Å². The highest BCUT2D eigenvalue weighted by Gasteiger charge is 2.53. The number of alkyl halides is 4. The number of benzene rings is 1. The van der Waals surface area contributed by atoms with Gasteiger partial charge in [-0.15, -0.1) is 0 Å². The van der Waals surface area contributed by atoms with Crippen LogP contribution in [0.4, 0.5) is 0 Å². The summed E-state index contributed by atoms with van der Waals surface area (Å²) in [5, 5.41) is 48.6. The first-order valence-corrected chi connectivity index (χ1v) is 16.8. The molecule has 5 N–H and O–H groups in total. The number of nitrogens with zero attached hydrogens (tertiary/aromatic N) is 3. The second-order valence-electron chi connectivity index (χ2n) is 10.4. The van der Waals surface area contributed by atoms with Crippen molar-refractivity contribution in [2.45, 2.75) is 78.2 Å². The fourth-order valence-electron chi connectivity index (χ4n) is 4.69. The quantitative estimate of drug-likeness (QED) is 0.0356. The number of amides is 1. The Bertz CT molecular complexity index is 1130. The van der Waals surface area contributed by atoms with E-state index in [2.05, 4.69) is 31.3 Å². The van der Waals surface area contributed by atoms with E-state index in [1.54, 1.807) is 24.3 Å². The molecule has 3 rings (SSSR count). The fourth-order valence-corrected chi connectivity index (χ4v) is 5.39. The number of nitrogens with one attached hydrogen (secondary N) is 1. The maximum Gasteiger partial charge on any atom is 0.272 e. The third-order valence-corrected chi connectivity index (χ3v) is 8.23. The van der Waals surface area contributed by atoms with Gasteiger partial charge >= 0.3 is 0 Å². The van der Waals surface area contributed by atoms with Crippen LogP contribution < -0.4 is 5.32 Å². The molecule has 1 aromatic rings.